The van der Waals surface area contributed by atoms with E-state index in [0.717, 1.165) is 17.8 Å². The Kier molecular flexibility index (Phi) is 6.77. The number of carbonyl (C=O) groups is 1. The maximum absolute atomic E-state index is 12.8. The summed E-state index contributed by atoms with van der Waals surface area (Å²) in [6, 6.07) is 10.8. The smallest absolute Gasteiger partial charge is 0.255 e. The molecule has 3 rings (SSSR count). The van der Waals surface area contributed by atoms with Gasteiger partial charge >= 0.3 is 0 Å². The summed E-state index contributed by atoms with van der Waals surface area (Å²) in [4.78, 5) is 17.2. The molecule has 0 aliphatic heterocycles. The lowest BCUT2D eigenvalue weighted by Gasteiger charge is -2.15. The third-order valence-corrected chi connectivity index (χ3v) is 4.50. The van der Waals surface area contributed by atoms with Crippen LogP contribution in [0.3, 0.4) is 0 Å². The lowest BCUT2D eigenvalue weighted by atomic mass is 10.1. The Hall–Kier alpha value is -2.99. The molecule has 0 unspecified atom stereocenters. The molecule has 0 fully saturated rings. The number of ether oxygens (including phenoxy) is 2. The van der Waals surface area contributed by atoms with Crippen LogP contribution in [0, 0.1) is 0 Å². The molecular weight excluding hydrogens is 390 g/mol. The largest absolute Gasteiger partial charge is 0.490 e. The molecule has 0 saturated heterocycles. The lowest BCUT2D eigenvalue weighted by Crippen LogP contribution is -2.13. The lowest BCUT2D eigenvalue weighted by molar-refractivity contribution is 0.102. The third-order valence-electron chi connectivity index (χ3n) is 4.22. The maximum atomic E-state index is 12.8. The number of imidazole rings is 1. The molecule has 1 N–H and O–H groups in total. The summed E-state index contributed by atoms with van der Waals surface area (Å²) in [6.45, 7) is 4.84. The third kappa shape index (κ3) is 4.90. The second-order valence-electron chi connectivity index (χ2n) is 6.46. The topological polar surface area (TPSA) is 65.4 Å². The van der Waals surface area contributed by atoms with Crippen molar-refractivity contribution in [1.29, 1.82) is 0 Å². The van der Waals surface area contributed by atoms with Crippen LogP contribution >= 0.6 is 11.6 Å². The van der Waals surface area contributed by atoms with Gasteiger partial charge in [0.2, 0.25) is 0 Å². The quantitative estimate of drug-likeness (QED) is 0.552. The van der Waals surface area contributed by atoms with Gasteiger partial charge < -0.3 is 19.4 Å². The normalized spacial score (nSPS) is 10.6. The van der Waals surface area contributed by atoms with Crippen molar-refractivity contribution in [2.75, 3.05) is 18.5 Å². The predicted octanol–water partition coefficient (Wildman–Crippen LogP) is 5.18. The van der Waals surface area contributed by atoms with Gasteiger partial charge in [0.25, 0.3) is 5.91 Å². The Morgan fingerprint density at radius 3 is 2.72 bits per heavy atom. The first-order valence-electron chi connectivity index (χ1n) is 9.51. The number of halogens is 1. The van der Waals surface area contributed by atoms with Crippen molar-refractivity contribution < 1.29 is 14.3 Å². The first-order chi connectivity index (χ1) is 14.0. The number of carbonyl (C=O) groups excluding carboxylic acids is 1. The van der Waals surface area contributed by atoms with Gasteiger partial charge in [0, 0.05) is 36.3 Å². The van der Waals surface area contributed by atoms with E-state index < -0.39 is 0 Å². The fourth-order valence-electron chi connectivity index (χ4n) is 2.89. The zero-order chi connectivity index (χ0) is 20.8. The van der Waals surface area contributed by atoms with Gasteiger partial charge in [-0.3, -0.25) is 4.79 Å². The van der Waals surface area contributed by atoms with Gasteiger partial charge in [-0.1, -0.05) is 30.7 Å². The highest BCUT2D eigenvalue weighted by Gasteiger charge is 2.17. The summed E-state index contributed by atoms with van der Waals surface area (Å²) in [6.07, 6.45) is 4.45. The van der Waals surface area contributed by atoms with Gasteiger partial charge in [-0.15, -0.1) is 0 Å². The summed E-state index contributed by atoms with van der Waals surface area (Å²) < 4.78 is 13.3. The first-order valence-corrected chi connectivity index (χ1v) is 9.89. The van der Waals surface area contributed by atoms with Crippen molar-refractivity contribution in [3.8, 4) is 22.9 Å². The Morgan fingerprint density at radius 1 is 1.21 bits per heavy atom. The number of rotatable bonds is 8. The second-order valence-corrected chi connectivity index (χ2v) is 6.87. The molecule has 0 radical (unpaired) electrons. The van der Waals surface area contributed by atoms with Crippen LogP contribution in [0.25, 0.3) is 11.4 Å². The SMILES string of the molecule is CCCOc1c(Cl)cc(C(=O)Nc2cccc(-c3nccn3C)c2)cc1OCC. The molecule has 29 heavy (non-hydrogen) atoms. The molecule has 0 atom stereocenters. The summed E-state index contributed by atoms with van der Waals surface area (Å²) in [5.74, 6) is 1.45. The van der Waals surface area contributed by atoms with E-state index in [0.29, 0.717) is 41.0 Å². The Morgan fingerprint density at radius 2 is 2.03 bits per heavy atom. The highest BCUT2D eigenvalue weighted by molar-refractivity contribution is 6.32. The van der Waals surface area contributed by atoms with Crippen LogP contribution < -0.4 is 14.8 Å². The summed E-state index contributed by atoms with van der Waals surface area (Å²) in [5.41, 5.74) is 1.97. The van der Waals surface area contributed by atoms with E-state index in [1.54, 1.807) is 18.3 Å². The molecule has 1 heterocycles. The Bertz CT molecular complexity index is 1000. The average Bonchev–Trinajstić information content (AvgIpc) is 3.13. The van der Waals surface area contributed by atoms with Crippen molar-refractivity contribution in [2.24, 2.45) is 7.05 Å². The average molecular weight is 414 g/mol. The van der Waals surface area contributed by atoms with Crippen LogP contribution in [-0.4, -0.2) is 28.7 Å². The molecule has 7 heteroatoms. The van der Waals surface area contributed by atoms with Crippen molar-refractivity contribution in [2.45, 2.75) is 20.3 Å². The summed E-state index contributed by atoms with van der Waals surface area (Å²) in [5, 5.41) is 3.25. The molecular formula is C22H24ClN3O3. The van der Waals surface area contributed by atoms with Gasteiger partial charge in [-0.25, -0.2) is 4.98 Å². The van der Waals surface area contributed by atoms with Gasteiger partial charge in [0.15, 0.2) is 11.5 Å². The second kappa shape index (κ2) is 9.47. The minimum atomic E-state index is -0.285. The maximum Gasteiger partial charge on any atom is 0.255 e. The molecule has 0 bridgehead atoms. The molecule has 0 aliphatic rings. The van der Waals surface area contributed by atoms with Gasteiger partial charge in [0.05, 0.1) is 18.2 Å². The van der Waals surface area contributed by atoms with Gasteiger partial charge in [-0.05, 0) is 37.6 Å². The predicted molar refractivity (Wildman–Crippen MR) is 115 cm³/mol. The number of nitrogens with one attached hydrogen (secondary N) is 1. The standard InChI is InChI=1S/C22H24ClN3O3/c1-4-11-29-20-18(23)13-16(14-19(20)28-5-2)22(27)25-17-8-6-7-15(12-17)21-24-9-10-26(21)3/h6-10,12-14H,4-5,11H2,1-3H3,(H,25,27). The molecule has 1 amide bonds. The van der Waals surface area contributed by atoms with E-state index in [9.17, 15) is 4.79 Å². The number of amides is 1. The molecule has 0 spiro atoms. The van der Waals surface area contributed by atoms with Crippen LogP contribution in [0.4, 0.5) is 5.69 Å². The van der Waals surface area contributed by atoms with Gasteiger partial charge in [0.1, 0.15) is 5.82 Å². The molecule has 152 valence electrons. The van der Waals surface area contributed by atoms with E-state index in [4.69, 9.17) is 21.1 Å². The number of aryl methyl sites for hydroxylation is 1. The van der Waals surface area contributed by atoms with Gasteiger partial charge in [-0.2, -0.15) is 0 Å². The first kappa shape index (κ1) is 20.7. The molecule has 0 saturated carbocycles. The minimum Gasteiger partial charge on any atom is -0.490 e. The van der Waals surface area contributed by atoms with E-state index in [1.165, 1.54) is 0 Å². The molecule has 2 aromatic carbocycles. The highest BCUT2D eigenvalue weighted by Crippen LogP contribution is 2.37. The van der Waals surface area contributed by atoms with E-state index in [-0.39, 0.29) is 5.91 Å². The fraction of sp³-hybridized carbons (Fsp3) is 0.273. The molecule has 1 aromatic heterocycles. The number of aromatic nitrogens is 2. The van der Waals surface area contributed by atoms with E-state index in [2.05, 4.69) is 10.3 Å². The monoisotopic (exact) mass is 413 g/mol. The molecule has 3 aromatic rings. The van der Waals surface area contributed by atoms with E-state index in [1.807, 2.05) is 55.9 Å². The fourth-order valence-corrected chi connectivity index (χ4v) is 3.15. The van der Waals surface area contributed by atoms with Crippen LogP contribution in [0.5, 0.6) is 11.5 Å². The number of hydrogen-bond acceptors (Lipinski definition) is 4. The molecule has 6 nitrogen and oxygen atoms in total. The number of nitrogens with zero attached hydrogens (tertiary/aromatic N) is 2. The summed E-state index contributed by atoms with van der Waals surface area (Å²) in [7, 11) is 1.92. The summed E-state index contributed by atoms with van der Waals surface area (Å²) >= 11 is 6.37. The Balaban J connectivity index is 1.84. The highest BCUT2D eigenvalue weighted by atomic mass is 35.5. The van der Waals surface area contributed by atoms with Crippen molar-refractivity contribution in [1.82, 2.24) is 9.55 Å². The zero-order valence-electron chi connectivity index (χ0n) is 16.7. The number of benzene rings is 2. The van der Waals surface area contributed by atoms with Crippen molar-refractivity contribution >= 4 is 23.2 Å². The van der Waals surface area contributed by atoms with Crippen LogP contribution in [0.2, 0.25) is 5.02 Å². The number of anilines is 1. The van der Waals surface area contributed by atoms with Crippen LogP contribution in [0.1, 0.15) is 30.6 Å². The van der Waals surface area contributed by atoms with Crippen molar-refractivity contribution in [3.63, 3.8) is 0 Å². The Labute approximate surface area is 175 Å². The zero-order valence-corrected chi connectivity index (χ0v) is 17.5. The molecule has 0 aliphatic carbocycles. The van der Waals surface area contributed by atoms with Crippen LogP contribution in [-0.2, 0) is 7.05 Å². The number of hydrogen-bond donors (Lipinski definition) is 1. The van der Waals surface area contributed by atoms with Crippen molar-refractivity contribution in [3.05, 3.63) is 59.4 Å². The van der Waals surface area contributed by atoms with Crippen LogP contribution in [0.15, 0.2) is 48.8 Å². The van der Waals surface area contributed by atoms with E-state index >= 15 is 0 Å². The minimum absolute atomic E-state index is 0.285.